The van der Waals surface area contributed by atoms with E-state index in [2.05, 4.69) is 4.98 Å². The van der Waals surface area contributed by atoms with Gasteiger partial charge in [-0.3, -0.25) is 0 Å². The molecule has 1 aliphatic rings. The monoisotopic (exact) mass is 642 g/mol. The number of halogens is 2. The van der Waals surface area contributed by atoms with Gasteiger partial charge in [-0.2, -0.15) is 0 Å². The molecule has 4 aromatic rings. The first-order valence-electron chi connectivity index (χ1n) is 15.9. The standard InChI is InChI=1S/C38H40F2N2O5/c1-38(2,3)47-37(45)42(34-6-4-5-32-31(34)18-19-33(41-32)36(43)44)22-21-28-23-30(40)17-20-35(28)46-24-27-11-9-25(10-12-27)7-8-26-13-15-29(39)16-14-26/h9-20,23,34H,4-8,21-22,24H2,1-3H3,(H,43,44). The van der Waals surface area contributed by atoms with Crippen molar-refractivity contribution in [3.8, 4) is 5.75 Å². The number of hydrogen-bond donors (Lipinski definition) is 1. The van der Waals surface area contributed by atoms with E-state index in [0.29, 0.717) is 36.3 Å². The van der Waals surface area contributed by atoms with Gasteiger partial charge in [-0.05, 0) is 124 Å². The summed E-state index contributed by atoms with van der Waals surface area (Å²) >= 11 is 0. The van der Waals surface area contributed by atoms with Crippen molar-refractivity contribution in [2.75, 3.05) is 6.54 Å². The number of carboxylic acid groups (broad SMARTS) is 1. The molecule has 9 heteroatoms. The second kappa shape index (κ2) is 14.8. The highest BCUT2D eigenvalue weighted by molar-refractivity contribution is 5.85. The molecule has 5 rings (SSSR count). The Balaban J connectivity index is 1.28. The number of carbonyl (C=O) groups is 2. The number of ether oxygens (including phenoxy) is 2. The van der Waals surface area contributed by atoms with Crippen LogP contribution in [0, 0.1) is 11.6 Å². The van der Waals surface area contributed by atoms with Gasteiger partial charge in [0.25, 0.3) is 0 Å². The largest absolute Gasteiger partial charge is 0.489 e. The second-order valence-corrected chi connectivity index (χ2v) is 12.9. The number of aryl methyl sites for hydroxylation is 3. The van der Waals surface area contributed by atoms with Crippen LogP contribution in [0.4, 0.5) is 13.6 Å². The fourth-order valence-electron chi connectivity index (χ4n) is 5.80. The molecule has 1 atom stereocenters. The first kappa shape index (κ1) is 33.6. The fourth-order valence-corrected chi connectivity index (χ4v) is 5.80. The van der Waals surface area contributed by atoms with Crippen LogP contribution in [-0.2, 0) is 37.0 Å². The van der Waals surface area contributed by atoms with Crippen molar-refractivity contribution in [2.45, 2.75) is 77.5 Å². The van der Waals surface area contributed by atoms with Crippen molar-refractivity contribution < 1.29 is 33.0 Å². The fraction of sp³-hybridized carbons (Fsp3) is 0.342. The van der Waals surface area contributed by atoms with Crippen LogP contribution in [0.5, 0.6) is 5.75 Å². The Morgan fingerprint density at radius 2 is 1.51 bits per heavy atom. The van der Waals surface area contributed by atoms with Crippen LogP contribution in [0.1, 0.15) is 83.7 Å². The Bertz CT molecular complexity index is 1700. The van der Waals surface area contributed by atoms with E-state index in [-0.39, 0.29) is 30.7 Å². The van der Waals surface area contributed by atoms with E-state index in [4.69, 9.17) is 9.47 Å². The third-order valence-corrected chi connectivity index (χ3v) is 8.16. The van der Waals surface area contributed by atoms with Gasteiger partial charge in [-0.25, -0.2) is 23.4 Å². The van der Waals surface area contributed by atoms with E-state index in [1.165, 1.54) is 30.3 Å². The third kappa shape index (κ3) is 9.15. The Kier molecular flexibility index (Phi) is 10.5. The number of rotatable bonds is 11. The zero-order valence-electron chi connectivity index (χ0n) is 27.0. The number of hydrogen-bond acceptors (Lipinski definition) is 5. The molecule has 0 spiro atoms. The molecule has 0 radical (unpaired) electrons. The minimum atomic E-state index is -1.10. The maximum absolute atomic E-state index is 14.5. The van der Waals surface area contributed by atoms with Crippen LogP contribution in [0.25, 0.3) is 0 Å². The summed E-state index contributed by atoms with van der Waals surface area (Å²) in [6.07, 6.45) is 3.44. The van der Waals surface area contributed by atoms with Crippen molar-refractivity contribution >= 4 is 12.1 Å². The molecule has 0 fully saturated rings. The van der Waals surface area contributed by atoms with Gasteiger partial charge in [0.1, 0.15) is 35.3 Å². The van der Waals surface area contributed by atoms with Crippen molar-refractivity contribution in [3.63, 3.8) is 0 Å². The van der Waals surface area contributed by atoms with E-state index in [9.17, 15) is 23.5 Å². The van der Waals surface area contributed by atoms with Gasteiger partial charge in [-0.15, -0.1) is 0 Å². The molecule has 3 aromatic carbocycles. The quantitative estimate of drug-likeness (QED) is 0.177. The summed E-state index contributed by atoms with van der Waals surface area (Å²) in [4.78, 5) is 31.1. The van der Waals surface area contributed by atoms with Gasteiger partial charge in [0, 0.05) is 12.2 Å². The SMILES string of the molecule is CC(C)(C)OC(=O)N(CCc1cc(F)ccc1OCc1ccc(CCc2ccc(F)cc2)cc1)C1CCCc2nc(C(=O)O)ccc21. The van der Waals surface area contributed by atoms with E-state index in [1.54, 1.807) is 49.9 Å². The predicted octanol–water partition coefficient (Wildman–Crippen LogP) is 8.28. The molecular weight excluding hydrogens is 602 g/mol. The normalized spacial score (nSPS) is 14.3. The topological polar surface area (TPSA) is 89.0 Å². The average molecular weight is 643 g/mol. The highest BCUT2D eigenvalue weighted by Crippen LogP contribution is 2.35. The number of carboxylic acids is 1. The van der Waals surface area contributed by atoms with Gasteiger partial charge < -0.3 is 19.5 Å². The zero-order chi connectivity index (χ0) is 33.6. The molecule has 0 bridgehead atoms. The lowest BCUT2D eigenvalue weighted by atomic mass is 9.89. The molecule has 1 aliphatic carbocycles. The van der Waals surface area contributed by atoms with Crippen molar-refractivity contribution in [3.05, 3.63) is 130 Å². The van der Waals surface area contributed by atoms with Crippen LogP contribution in [0.15, 0.2) is 78.9 Å². The van der Waals surface area contributed by atoms with E-state index >= 15 is 0 Å². The molecule has 1 unspecified atom stereocenters. The lowest BCUT2D eigenvalue weighted by Gasteiger charge is -2.36. The van der Waals surface area contributed by atoms with E-state index < -0.39 is 23.5 Å². The molecule has 47 heavy (non-hydrogen) atoms. The highest BCUT2D eigenvalue weighted by atomic mass is 19.1. The number of amides is 1. The molecule has 1 heterocycles. The zero-order valence-corrected chi connectivity index (χ0v) is 27.0. The summed E-state index contributed by atoms with van der Waals surface area (Å²) in [5.74, 6) is -1.23. The van der Waals surface area contributed by atoms with Crippen LogP contribution >= 0.6 is 0 Å². The number of aromatic carboxylic acids is 1. The lowest BCUT2D eigenvalue weighted by molar-refractivity contribution is 0.0140. The van der Waals surface area contributed by atoms with Crippen molar-refractivity contribution in [1.29, 1.82) is 0 Å². The summed E-state index contributed by atoms with van der Waals surface area (Å²) in [5, 5.41) is 9.43. The number of fused-ring (bicyclic) bond motifs is 1. The maximum atomic E-state index is 14.5. The van der Waals surface area contributed by atoms with Crippen molar-refractivity contribution in [1.82, 2.24) is 9.88 Å². The van der Waals surface area contributed by atoms with Gasteiger partial charge in [0.15, 0.2) is 0 Å². The van der Waals surface area contributed by atoms with Crippen LogP contribution < -0.4 is 4.74 Å². The summed E-state index contributed by atoms with van der Waals surface area (Å²) in [5.41, 5.74) is 4.48. The summed E-state index contributed by atoms with van der Waals surface area (Å²) < 4.78 is 39.6. The molecule has 1 N–H and O–H groups in total. The molecule has 0 aliphatic heterocycles. The molecule has 1 amide bonds. The molecular formula is C38H40F2N2O5. The number of benzene rings is 3. The number of carbonyl (C=O) groups excluding carboxylic acids is 1. The molecule has 7 nitrogen and oxygen atoms in total. The first-order chi connectivity index (χ1) is 22.4. The number of nitrogens with zero attached hydrogens (tertiary/aromatic N) is 2. The Morgan fingerprint density at radius 1 is 0.872 bits per heavy atom. The molecule has 246 valence electrons. The van der Waals surface area contributed by atoms with Gasteiger partial charge >= 0.3 is 12.1 Å². The number of aromatic nitrogens is 1. The smallest absolute Gasteiger partial charge is 0.410 e. The Morgan fingerprint density at radius 3 is 2.17 bits per heavy atom. The molecule has 1 aromatic heterocycles. The first-order valence-corrected chi connectivity index (χ1v) is 15.9. The molecule has 0 saturated heterocycles. The molecule has 0 saturated carbocycles. The minimum absolute atomic E-state index is 0.0330. The number of pyridine rings is 1. The second-order valence-electron chi connectivity index (χ2n) is 12.9. The van der Waals surface area contributed by atoms with Gasteiger partial charge in [0.2, 0.25) is 0 Å². The maximum Gasteiger partial charge on any atom is 0.410 e. The summed E-state index contributed by atoms with van der Waals surface area (Å²) in [6, 6.07) is 21.8. The van der Waals surface area contributed by atoms with Crippen LogP contribution in [0.2, 0.25) is 0 Å². The summed E-state index contributed by atoms with van der Waals surface area (Å²) in [7, 11) is 0. The summed E-state index contributed by atoms with van der Waals surface area (Å²) in [6.45, 7) is 5.90. The minimum Gasteiger partial charge on any atom is -0.489 e. The van der Waals surface area contributed by atoms with Crippen molar-refractivity contribution in [2.24, 2.45) is 0 Å². The Hall–Kier alpha value is -4.79. The lowest BCUT2D eigenvalue weighted by Crippen LogP contribution is -2.41. The van der Waals surface area contributed by atoms with Crippen LogP contribution in [0.3, 0.4) is 0 Å². The average Bonchev–Trinajstić information content (AvgIpc) is 3.03. The van der Waals surface area contributed by atoms with E-state index in [1.807, 2.05) is 24.3 Å². The Labute approximate surface area is 274 Å². The van der Waals surface area contributed by atoms with Crippen LogP contribution in [-0.4, -0.2) is 39.2 Å². The van der Waals surface area contributed by atoms with Gasteiger partial charge in [-0.1, -0.05) is 42.5 Å². The predicted molar refractivity (Wildman–Crippen MR) is 175 cm³/mol. The van der Waals surface area contributed by atoms with Gasteiger partial charge in [0.05, 0.1) is 6.04 Å². The highest BCUT2D eigenvalue weighted by Gasteiger charge is 2.33. The van der Waals surface area contributed by atoms with E-state index in [0.717, 1.165) is 41.5 Å². The third-order valence-electron chi connectivity index (χ3n) is 8.16.